The molecule has 20 heavy (non-hydrogen) atoms. The smallest absolute Gasteiger partial charge is 0.293 e. The molecule has 3 rings (SSSR count). The number of hydrogen-bond donors (Lipinski definition) is 0. The fourth-order valence-electron chi connectivity index (χ4n) is 2.22. The lowest BCUT2D eigenvalue weighted by Crippen LogP contribution is -2.07. The van der Waals surface area contributed by atoms with Gasteiger partial charge in [0.25, 0.3) is 0 Å². The molecule has 0 atom stereocenters. The Labute approximate surface area is 117 Å². The second-order valence-electron chi connectivity index (χ2n) is 4.65. The fourth-order valence-corrected chi connectivity index (χ4v) is 3.30. The number of hydrogen-bond acceptors (Lipinski definition) is 3. The molecule has 6 heteroatoms. The summed E-state index contributed by atoms with van der Waals surface area (Å²) in [6, 6.07) is 5.06. The predicted octanol–water partition coefficient (Wildman–Crippen LogP) is 4.35. The molecular formula is C14H10F3NOS. The quantitative estimate of drug-likeness (QED) is 0.783. The largest absolute Gasteiger partial charge is 0.416 e. The van der Waals surface area contributed by atoms with Gasteiger partial charge in [-0.1, -0.05) is 12.1 Å². The number of aryl methyl sites for hydroxylation is 1. The molecule has 0 N–H and O–H groups in total. The van der Waals surface area contributed by atoms with Crippen LogP contribution in [0.4, 0.5) is 13.2 Å². The van der Waals surface area contributed by atoms with Crippen LogP contribution in [0.3, 0.4) is 0 Å². The van der Waals surface area contributed by atoms with Gasteiger partial charge in [-0.2, -0.15) is 13.2 Å². The number of ketones is 1. The molecule has 1 heterocycles. The fraction of sp³-hybridized carbons (Fsp3) is 0.286. The molecule has 1 aliphatic rings. The molecule has 0 fully saturated rings. The lowest BCUT2D eigenvalue weighted by molar-refractivity contribution is -0.137. The number of carbonyl (C=O) groups is 1. The van der Waals surface area contributed by atoms with E-state index < -0.39 is 11.7 Å². The van der Waals surface area contributed by atoms with Crippen LogP contribution in [0, 0.1) is 0 Å². The van der Waals surface area contributed by atoms with Crippen LogP contribution in [0.5, 0.6) is 0 Å². The maximum absolute atomic E-state index is 12.7. The first-order chi connectivity index (χ1) is 9.45. The molecule has 2 nitrogen and oxygen atoms in total. The summed E-state index contributed by atoms with van der Waals surface area (Å²) >= 11 is 1.19. The average molecular weight is 297 g/mol. The van der Waals surface area contributed by atoms with Crippen molar-refractivity contribution in [2.45, 2.75) is 25.4 Å². The third-order valence-corrected chi connectivity index (χ3v) is 4.39. The highest BCUT2D eigenvalue weighted by Gasteiger charge is 2.31. The first kappa shape index (κ1) is 13.3. The maximum atomic E-state index is 12.7. The van der Waals surface area contributed by atoms with Crippen molar-refractivity contribution in [3.05, 3.63) is 40.4 Å². The van der Waals surface area contributed by atoms with E-state index in [4.69, 9.17) is 0 Å². The summed E-state index contributed by atoms with van der Waals surface area (Å²) in [5.41, 5.74) is 0.431. The van der Waals surface area contributed by atoms with Crippen molar-refractivity contribution in [1.29, 1.82) is 0 Å². The van der Waals surface area contributed by atoms with Crippen molar-refractivity contribution in [3.8, 4) is 10.6 Å². The maximum Gasteiger partial charge on any atom is 0.416 e. The van der Waals surface area contributed by atoms with Crippen LogP contribution >= 0.6 is 11.3 Å². The first-order valence-corrected chi connectivity index (χ1v) is 6.97. The van der Waals surface area contributed by atoms with Gasteiger partial charge in [0, 0.05) is 12.0 Å². The number of alkyl halides is 3. The molecule has 0 aliphatic heterocycles. The van der Waals surface area contributed by atoms with Crippen molar-refractivity contribution in [2.75, 3.05) is 0 Å². The van der Waals surface area contributed by atoms with Crippen LogP contribution in [0.25, 0.3) is 10.6 Å². The highest BCUT2D eigenvalue weighted by molar-refractivity contribution is 7.17. The average Bonchev–Trinajstić information content (AvgIpc) is 2.83. The zero-order valence-electron chi connectivity index (χ0n) is 10.3. The number of thiazole rings is 1. The number of halogens is 3. The molecule has 1 aliphatic carbocycles. The van der Waals surface area contributed by atoms with E-state index in [1.165, 1.54) is 17.4 Å². The second kappa shape index (κ2) is 4.70. The van der Waals surface area contributed by atoms with Crippen LogP contribution in [-0.4, -0.2) is 10.8 Å². The summed E-state index contributed by atoms with van der Waals surface area (Å²) in [4.78, 5) is 16.7. The van der Waals surface area contributed by atoms with Gasteiger partial charge in [0.1, 0.15) is 5.01 Å². The molecular weight excluding hydrogens is 287 g/mol. The Balaban J connectivity index is 2.04. The minimum Gasteiger partial charge on any atom is -0.293 e. The van der Waals surface area contributed by atoms with E-state index >= 15 is 0 Å². The van der Waals surface area contributed by atoms with E-state index in [1.807, 2.05) is 0 Å². The SMILES string of the molecule is O=C1CCCc2nc(-c3cccc(C(F)(F)F)c3)sc21. The van der Waals surface area contributed by atoms with Gasteiger partial charge in [0.2, 0.25) is 0 Å². The van der Waals surface area contributed by atoms with Crippen molar-refractivity contribution in [3.63, 3.8) is 0 Å². The molecule has 0 saturated carbocycles. The highest BCUT2D eigenvalue weighted by atomic mass is 32.1. The zero-order chi connectivity index (χ0) is 14.3. The normalized spacial score (nSPS) is 15.2. The molecule has 0 amide bonds. The number of nitrogens with zero attached hydrogens (tertiary/aromatic N) is 1. The Kier molecular flexibility index (Phi) is 3.12. The summed E-state index contributed by atoms with van der Waals surface area (Å²) in [7, 11) is 0. The minimum absolute atomic E-state index is 0.0435. The van der Waals surface area contributed by atoms with E-state index in [0.29, 0.717) is 21.9 Å². The third-order valence-electron chi connectivity index (χ3n) is 3.20. The van der Waals surface area contributed by atoms with E-state index in [-0.39, 0.29) is 5.78 Å². The van der Waals surface area contributed by atoms with Crippen molar-refractivity contribution in [1.82, 2.24) is 4.98 Å². The molecule has 0 radical (unpaired) electrons. The molecule has 1 aromatic heterocycles. The number of fused-ring (bicyclic) bond motifs is 1. The van der Waals surface area contributed by atoms with E-state index in [9.17, 15) is 18.0 Å². The molecule has 1 aromatic carbocycles. The summed E-state index contributed by atoms with van der Waals surface area (Å²) in [6.45, 7) is 0. The molecule has 0 saturated heterocycles. The van der Waals surface area contributed by atoms with E-state index in [1.54, 1.807) is 6.07 Å². The Morgan fingerprint density at radius 3 is 2.70 bits per heavy atom. The predicted molar refractivity (Wildman–Crippen MR) is 69.8 cm³/mol. The summed E-state index contributed by atoms with van der Waals surface area (Å²) in [6.07, 6.45) is -2.39. The Morgan fingerprint density at radius 1 is 1.20 bits per heavy atom. The van der Waals surface area contributed by atoms with Gasteiger partial charge in [0.05, 0.1) is 16.1 Å². The van der Waals surface area contributed by atoms with Gasteiger partial charge in [0.15, 0.2) is 5.78 Å². The van der Waals surface area contributed by atoms with Gasteiger partial charge in [-0.25, -0.2) is 4.98 Å². The lowest BCUT2D eigenvalue weighted by Gasteiger charge is -2.07. The first-order valence-electron chi connectivity index (χ1n) is 6.16. The summed E-state index contributed by atoms with van der Waals surface area (Å²) in [5.74, 6) is 0.0435. The van der Waals surface area contributed by atoms with Crippen molar-refractivity contribution in [2.24, 2.45) is 0 Å². The highest BCUT2D eigenvalue weighted by Crippen LogP contribution is 2.36. The lowest BCUT2D eigenvalue weighted by atomic mass is 10.0. The minimum atomic E-state index is -4.37. The van der Waals surface area contributed by atoms with Gasteiger partial charge < -0.3 is 0 Å². The molecule has 0 bridgehead atoms. The van der Waals surface area contributed by atoms with Crippen molar-refractivity contribution >= 4 is 17.1 Å². The molecule has 104 valence electrons. The summed E-state index contributed by atoms with van der Waals surface area (Å²) in [5, 5.41) is 0.483. The van der Waals surface area contributed by atoms with E-state index in [0.717, 1.165) is 30.7 Å². The molecule has 2 aromatic rings. The number of carbonyl (C=O) groups excluding carboxylic acids is 1. The number of rotatable bonds is 1. The van der Waals surface area contributed by atoms with Gasteiger partial charge in [-0.05, 0) is 25.0 Å². The number of aromatic nitrogens is 1. The zero-order valence-corrected chi connectivity index (χ0v) is 11.1. The van der Waals surface area contributed by atoms with E-state index in [2.05, 4.69) is 4.98 Å². The Morgan fingerprint density at radius 2 is 2.00 bits per heavy atom. The molecule has 0 unspecified atom stereocenters. The number of benzene rings is 1. The topological polar surface area (TPSA) is 30.0 Å². The van der Waals surface area contributed by atoms with Crippen LogP contribution in [0.2, 0.25) is 0 Å². The van der Waals surface area contributed by atoms with Crippen LogP contribution in [0.1, 0.15) is 33.8 Å². The Hall–Kier alpha value is -1.69. The monoisotopic (exact) mass is 297 g/mol. The summed E-state index contributed by atoms with van der Waals surface area (Å²) < 4.78 is 38.1. The van der Waals surface area contributed by atoms with Crippen LogP contribution in [0.15, 0.2) is 24.3 Å². The van der Waals surface area contributed by atoms with Gasteiger partial charge >= 0.3 is 6.18 Å². The standard InChI is InChI=1S/C14H10F3NOS/c15-14(16,17)9-4-1-3-8(7-9)13-18-10-5-2-6-11(19)12(10)20-13/h1,3-4,7H,2,5-6H2. The second-order valence-corrected chi connectivity index (χ2v) is 5.65. The Bertz CT molecular complexity index is 675. The molecule has 0 spiro atoms. The number of Topliss-reactive ketones (excluding diaryl/α,β-unsaturated/α-hetero) is 1. The van der Waals surface area contributed by atoms with Crippen molar-refractivity contribution < 1.29 is 18.0 Å². The van der Waals surface area contributed by atoms with Crippen LogP contribution in [-0.2, 0) is 12.6 Å². The van der Waals surface area contributed by atoms with Gasteiger partial charge in [-0.3, -0.25) is 4.79 Å². The van der Waals surface area contributed by atoms with Crippen LogP contribution < -0.4 is 0 Å². The van der Waals surface area contributed by atoms with Gasteiger partial charge in [-0.15, -0.1) is 11.3 Å². The third kappa shape index (κ3) is 2.35.